The number of carbonyl (C=O) groups is 1. The van der Waals surface area contributed by atoms with Crippen LogP contribution in [-0.2, 0) is 0 Å². The molecule has 2 rings (SSSR count). The van der Waals surface area contributed by atoms with Gasteiger partial charge in [0, 0.05) is 22.4 Å². The van der Waals surface area contributed by atoms with E-state index in [0.29, 0.717) is 21.4 Å². The molecular formula is C16H13Cl2NO4. The molecule has 0 saturated heterocycles. The van der Waals surface area contributed by atoms with Gasteiger partial charge in [0.05, 0.1) is 12.1 Å². The van der Waals surface area contributed by atoms with Crippen LogP contribution >= 0.6 is 23.2 Å². The Kier molecular flexibility index (Phi) is 5.47. The summed E-state index contributed by atoms with van der Waals surface area (Å²) < 4.78 is 5.17. The standard InChI is InChI=1S/C16H13Cl2NO4/c1-23-16-10(4-11(17)6-12(16)18)7-19-8-15(22)9-2-3-13(20)14(21)5-9/h2-7,20-21H,8H2,1H3. The maximum atomic E-state index is 12.0. The van der Waals surface area contributed by atoms with Gasteiger partial charge in [-0.2, -0.15) is 0 Å². The normalized spacial score (nSPS) is 10.9. The molecule has 0 atom stereocenters. The number of rotatable bonds is 5. The quantitative estimate of drug-likeness (QED) is 0.487. The lowest BCUT2D eigenvalue weighted by molar-refractivity contribution is 0.100. The highest BCUT2D eigenvalue weighted by Gasteiger charge is 2.10. The first kappa shape index (κ1) is 17.1. The molecule has 5 nitrogen and oxygen atoms in total. The number of hydrogen-bond acceptors (Lipinski definition) is 5. The lowest BCUT2D eigenvalue weighted by Crippen LogP contribution is -2.03. The Bertz CT molecular complexity index is 775. The highest BCUT2D eigenvalue weighted by atomic mass is 35.5. The molecule has 23 heavy (non-hydrogen) atoms. The van der Waals surface area contributed by atoms with Crippen LogP contribution in [0.3, 0.4) is 0 Å². The molecule has 0 amide bonds. The topological polar surface area (TPSA) is 79.1 Å². The summed E-state index contributed by atoms with van der Waals surface area (Å²) >= 11 is 11.9. The van der Waals surface area contributed by atoms with Crippen molar-refractivity contribution in [3.8, 4) is 17.2 Å². The Morgan fingerprint density at radius 3 is 2.61 bits per heavy atom. The number of ketones is 1. The minimum atomic E-state index is -0.358. The number of hydrogen-bond donors (Lipinski definition) is 2. The van der Waals surface area contributed by atoms with Crippen LogP contribution in [-0.4, -0.2) is 35.9 Å². The molecule has 0 unspecified atom stereocenters. The summed E-state index contributed by atoms with van der Waals surface area (Å²) in [6.45, 7) is -0.141. The number of benzene rings is 2. The van der Waals surface area contributed by atoms with Gasteiger partial charge in [-0.1, -0.05) is 23.2 Å². The second kappa shape index (κ2) is 7.35. The van der Waals surface area contributed by atoms with Crippen molar-refractivity contribution in [1.82, 2.24) is 0 Å². The second-order valence-corrected chi connectivity index (χ2v) is 5.45. The monoisotopic (exact) mass is 353 g/mol. The van der Waals surface area contributed by atoms with Crippen molar-refractivity contribution in [3.05, 3.63) is 51.5 Å². The van der Waals surface area contributed by atoms with Gasteiger partial charge >= 0.3 is 0 Å². The Morgan fingerprint density at radius 1 is 1.22 bits per heavy atom. The molecule has 0 aromatic heterocycles. The molecule has 2 N–H and O–H groups in total. The number of aliphatic imine (C=N–C) groups is 1. The van der Waals surface area contributed by atoms with E-state index in [4.69, 9.17) is 27.9 Å². The summed E-state index contributed by atoms with van der Waals surface area (Å²) in [6.07, 6.45) is 1.44. The highest BCUT2D eigenvalue weighted by molar-refractivity contribution is 6.36. The number of nitrogens with zero attached hydrogens (tertiary/aromatic N) is 1. The number of carbonyl (C=O) groups excluding carboxylic acids is 1. The van der Waals surface area contributed by atoms with Gasteiger partial charge in [0.15, 0.2) is 17.3 Å². The van der Waals surface area contributed by atoms with Gasteiger partial charge in [-0.05, 0) is 30.3 Å². The molecule has 0 aliphatic heterocycles. The van der Waals surface area contributed by atoms with Crippen molar-refractivity contribution in [1.29, 1.82) is 0 Å². The first-order valence-electron chi connectivity index (χ1n) is 6.50. The molecule has 2 aromatic carbocycles. The van der Waals surface area contributed by atoms with E-state index in [0.717, 1.165) is 0 Å². The Labute approximate surface area is 142 Å². The van der Waals surface area contributed by atoms with Crippen molar-refractivity contribution in [2.45, 2.75) is 0 Å². The maximum absolute atomic E-state index is 12.0. The predicted molar refractivity (Wildman–Crippen MR) is 89.6 cm³/mol. The fraction of sp³-hybridized carbons (Fsp3) is 0.125. The SMILES string of the molecule is COc1c(Cl)cc(Cl)cc1C=NCC(=O)c1ccc(O)c(O)c1. The lowest BCUT2D eigenvalue weighted by atomic mass is 10.1. The van der Waals surface area contributed by atoms with Gasteiger partial charge in [-0.15, -0.1) is 0 Å². The fourth-order valence-electron chi connectivity index (χ4n) is 1.91. The van der Waals surface area contributed by atoms with Crippen molar-refractivity contribution in [3.63, 3.8) is 0 Å². The summed E-state index contributed by atoms with van der Waals surface area (Å²) in [5.74, 6) is -0.551. The van der Waals surface area contributed by atoms with Gasteiger partial charge in [0.2, 0.25) is 0 Å². The van der Waals surface area contributed by atoms with Crippen molar-refractivity contribution < 1.29 is 19.7 Å². The number of aromatic hydroxyl groups is 2. The average molecular weight is 354 g/mol. The average Bonchev–Trinajstić information content (AvgIpc) is 2.49. The van der Waals surface area contributed by atoms with Crippen LogP contribution < -0.4 is 4.74 Å². The second-order valence-electron chi connectivity index (χ2n) is 4.61. The molecule has 0 fully saturated rings. The highest BCUT2D eigenvalue weighted by Crippen LogP contribution is 2.31. The number of ether oxygens (including phenoxy) is 1. The first-order chi connectivity index (χ1) is 10.9. The van der Waals surface area contributed by atoms with Gasteiger partial charge in [0.1, 0.15) is 12.3 Å². The minimum absolute atomic E-state index is 0.141. The van der Waals surface area contributed by atoms with Crippen LogP contribution in [0.25, 0.3) is 0 Å². The Balaban J connectivity index is 2.15. The van der Waals surface area contributed by atoms with E-state index < -0.39 is 0 Å². The number of halogens is 2. The molecule has 0 heterocycles. The molecule has 120 valence electrons. The van der Waals surface area contributed by atoms with Crippen molar-refractivity contribution in [2.75, 3.05) is 13.7 Å². The zero-order valence-electron chi connectivity index (χ0n) is 12.1. The molecular weight excluding hydrogens is 341 g/mol. The molecule has 0 bridgehead atoms. The molecule has 0 spiro atoms. The fourth-order valence-corrected chi connectivity index (χ4v) is 2.49. The maximum Gasteiger partial charge on any atom is 0.184 e. The lowest BCUT2D eigenvalue weighted by Gasteiger charge is -2.07. The van der Waals surface area contributed by atoms with Crippen LogP contribution in [0, 0.1) is 0 Å². The zero-order valence-corrected chi connectivity index (χ0v) is 13.6. The molecule has 0 aliphatic rings. The smallest absolute Gasteiger partial charge is 0.184 e. The number of phenols is 2. The van der Waals surface area contributed by atoms with Crippen LogP contribution in [0.1, 0.15) is 15.9 Å². The summed E-state index contributed by atoms with van der Waals surface area (Å²) in [5.41, 5.74) is 0.792. The van der Waals surface area contributed by atoms with Gasteiger partial charge in [-0.3, -0.25) is 9.79 Å². The molecule has 2 aromatic rings. The third kappa shape index (κ3) is 4.15. The van der Waals surface area contributed by atoms with Crippen LogP contribution in [0.15, 0.2) is 35.3 Å². The molecule has 0 aliphatic carbocycles. The number of methoxy groups -OCH3 is 1. The van der Waals surface area contributed by atoms with Crippen molar-refractivity contribution in [2.24, 2.45) is 4.99 Å². The van der Waals surface area contributed by atoms with E-state index in [-0.39, 0.29) is 29.4 Å². The van der Waals surface area contributed by atoms with Gasteiger partial charge in [0.25, 0.3) is 0 Å². The molecule has 7 heteroatoms. The van der Waals surface area contributed by atoms with E-state index in [1.807, 2.05) is 0 Å². The van der Waals surface area contributed by atoms with Gasteiger partial charge < -0.3 is 14.9 Å². The molecule has 0 radical (unpaired) electrons. The summed E-state index contributed by atoms with van der Waals surface area (Å²) in [6, 6.07) is 7.00. The Morgan fingerprint density at radius 2 is 1.96 bits per heavy atom. The summed E-state index contributed by atoms with van der Waals surface area (Å²) in [4.78, 5) is 16.0. The van der Waals surface area contributed by atoms with Crippen LogP contribution in [0.5, 0.6) is 17.2 Å². The first-order valence-corrected chi connectivity index (χ1v) is 7.26. The molecule has 0 saturated carbocycles. The number of phenolic OH excluding ortho intramolecular Hbond substituents is 2. The third-order valence-corrected chi connectivity index (χ3v) is 3.50. The van der Waals surface area contributed by atoms with Gasteiger partial charge in [-0.25, -0.2) is 0 Å². The van der Waals surface area contributed by atoms with E-state index >= 15 is 0 Å². The van der Waals surface area contributed by atoms with Crippen LogP contribution in [0.2, 0.25) is 10.0 Å². The van der Waals surface area contributed by atoms with Crippen molar-refractivity contribution >= 4 is 35.2 Å². The minimum Gasteiger partial charge on any atom is -0.504 e. The van der Waals surface area contributed by atoms with E-state index in [1.165, 1.54) is 31.5 Å². The zero-order chi connectivity index (χ0) is 17.0. The Hall–Kier alpha value is -2.24. The number of Topliss-reactive ketones (excluding diaryl/α,β-unsaturated/α-hetero) is 1. The summed E-state index contributed by atoms with van der Waals surface area (Å²) in [7, 11) is 1.47. The summed E-state index contributed by atoms with van der Waals surface area (Å²) in [5, 5.41) is 19.4. The van der Waals surface area contributed by atoms with E-state index in [1.54, 1.807) is 12.1 Å². The predicted octanol–water partition coefficient (Wildman–Crippen LogP) is 3.72. The largest absolute Gasteiger partial charge is 0.504 e. The third-order valence-electron chi connectivity index (χ3n) is 3.00. The van der Waals surface area contributed by atoms with E-state index in [2.05, 4.69) is 4.99 Å². The van der Waals surface area contributed by atoms with E-state index in [9.17, 15) is 15.0 Å². The van der Waals surface area contributed by atoms with Crippen LogP contribution in [0.4, 0.5) is 0 Å².